The lowest BCUT2D eigenvalue weighted by Gasteiger charge is -2.08. The number of benzene rings is 3. The van der Waals surface area contributed by atoms with Gasteiger partial charge in [0.2, 0.25) is 0 Å². The average Bonchev–Trinajstić information content (AvgIpc) is 2.78. The van der Waals surface area contributed by atoms with E-state index in [1.165, 1.54) is 6.21 Å². The molecule has 0 aliphatic heterocycles. The molecule has 0 aliphatic carbocycles. The topological polar surface area (TPSA) is 79.8 Å². The molecule has 0 heterocycles. The van der Waals surface area contributed by atoms with E-state index in [1.807, 2.05) is 31.2 Å². The van der Waals surface area contributed by atoms with Gasteiger partial charge in [-0.1, -0.05) is 42.0 Å². The number of hydrogen-bond donors (Lipinski definition) is 2. The summed E-state index contributed by atoms with van der Waals surface area (Å²) in [7, 11) is 0. The third-order valence-corrected chi connectivity index (χ3v) is 4.44. The summed E-state index contributed by atoms with van der Waals surface area (Å²) < 4.78 is 43.5. The van der Waals surface area contributed by atoms with Crippen molar-refractivity contribution in [2.75, 3.05) is 5.32 Å². The van der Waals surface area contributed by atoms with Gasteiger partial charge in [-0.2, -0.15) is 18.3 Å². The van der Waals surface area contributed by atoms with Crippen LogP contribution >= 0.6 is 0 Å². The van der Waals surface area contributed by atoms with Crippen LogP contribution in [0.15, 0.2) is 77.9 Å². The minimum Gasteiger partial charge on any atom is -0.489 e. The van der Waals surface area contributed by atoms with Gasteiger partial charge < -0.3 is 10.1 Å². The first kappa shape index (κ1) is 23.5. The number of amides is 2. The highest BCUT2D eigenvalue weighted by Crippen LogP contribution is 2.29. The molecule has 0 unspecified atom stereocenters. The number of carbonyl (C=O) groups is 2. The van der Waals surface area contributed by atoms with Crippen molar-refractivity contribution in [3.63, 3.8) is 0 Å². The van der Waals surface area contributed by atoms with Gasteiger partial charge in [-0.15, -0.1) is 0 Å². The van der Waals surface area contributed by atoms with Gasteiger partial charge in [-0.3, -0.25) is 9.59 Å². The number of aryl methyl sites for hydroxylation is 1. The van der Waals surface area contributed by atoms with Gasteiger partial charge >= 0.3 is 18.0 Å². The summed E-state index contributed by atoms with van der Waals surface area (Å²) in [6, 6.07) is 18.7. The zero-order valence-electron chi connectivity index (χ0n) is 17.5. The van der Waals surface area contributed by atoms with Crippen LogP contribution in [0.3, 0.4) is 0 Å². The van der Waals surface area contributed by atoms with Crippen molar-refractivity contribution in [1.29, 1.82) is 0 Å². The van der Waals surface area contributed by atoms with E-state index < -0.39 is 23.6 Å². The molecular formula is C24H20F3N3O3. The van der Waals surface area contributed by atoms with Crippen LogP contribution in [-0.4, -0.2) is 18.0 Å². The number of anilines is 1. The van der Waals surface area contributed by atoms with Gasteiger partial charge in [0, 0.05) is 5.69 Å². The Morgan fingerprint density at radius 1 is 0.970 bits per heavy atom. The average molecular weight is 455 g/mol. The monoisotopic (exact) mass is 455 g/mol. The van der Waals surface area contributed by atoms with Gasteiger partial charge in [0.25, 0.3) is 0 Å². The molecule has 3 rings (SSSR count). The predicted octanol–water partition coefficient (Wildman–Crippen LogP) is 4.68. The number of alkyl halides is 3. The number of hydrazone groups is 1. The molecule has 0 saturated carbocycles. The van der Waals surface area contributed by atoms with Crippen LogP contribution in [0.25, 0.3) is 0 Å². The minimum absolute atomic E-state index is 0.0468. The number of ether oxygens (including phenoxy) is 1. The van der Waals surface area contributed by atoms with Crippen LogP contribution in [0, 0.1) is 6.92 Å². The van der Waals surface area contributed by atoms with Gasteiger partial charge in [0.1, 0.15) is 12.4 Å². The quantitative estimate of drug-likeness (QED) is 0.322. The Morgan fingerprint density at radius 3 is 2.33 bits per heavy atom. The van der Waals surface area contributed by atoms with Crippen molar-refractivity contribution in [3.8, 4) is 5.75 Å². The number of hydrogen-bond acceptors (Lipinski definition) is 4. The lowest BCUT2D eigenvalue weighted by atomic mass is 10.2. The highest BCUT2D eigenvalue weighted by Gasteiger charge is 2.30. The largest absolute Gasteiger partial charge is 0.489 e. The van der Waals surface area contributed by atoms with E-state index >= 15 is 0 Å². The third kappa shape index (κ3) is 7.20. The van der Waals surface area contributed by atoms with E-state index in [-0.39, 0.29) is 5.69 Å². The molecule has 3 aromatic rings. The molecule has 0 bridgehead atoms. The van der Waals surface area contributed by atoms with Crippen LogP contribution in [0.4, 0.5) is 18.9 Å². The van der Waals surface area contributed by atoms with E-state index in [1.54, 1.807) is 24.3 Å². The molecule has 3 aromatic carbocycles. The van der Waals surface area contributed by atoms with Crippen LogP contribution in [0.1, 0.15) is 22.3 Å². The third-order valence-electron chi connectivity index (χ3n) is 4.44. The van der Waals surface area contributed by atoms with Gasteiger partial charge in [-0.25, -0.2) is 5.43 Å². The molecule has 9 heteroatoms. The molecule has 33 heavy (non-hydrogen) atoms. The summed E-state index contributed by atoms with van der Waals surface area (Å²) >= 11 is 0. The molecule has 0 saturated heterocycles. The number of halogens is 3. The maximum absolute atomic E-state index is 12.6. The fourth-order valence-corrected chi connectivity index (χ4v) is 2.68. The second-order valence-corrected chi connectivity index (χ2v) is 7.08. The van der Waals surface area contributed by atoms with Crippen molar-refractivity contribution >= 4 is 23.7 Å². The van der Waals surface area contributed by atoms with Crippen LogP contribution in [0.5, 0.6) is 5.75 Å². The fourth-order valence-electron chi connectivity index (χ4n) is 2.68. The SMILES string of the molecule is Cc1ccc(COc2cccc(/C=N/NC(=O)C(=O)Nc3ccc(C(F)(F)F)cc3)c2)cc1. The Balaban J connectivity index is 1.50. The van der Waals surface area contributed by atoms with Crippen LogP contribution in [0.2, 0.25) is 0 Å². The zero-order chi connectivity index (χ0) is 23.8. The van der Waals surface area contributed by atoms with E-state index in [4.69, 9.17) is 4.74 Å². The Bertz CT molecular complexity index is 1140. The molecule has 2 N–H and O–H groups in total. The molecule has 0 aromatic heterocycles. The van der Waals surface area contributed by atoms with Gasteiger partial charge in [-0.05, 0) is 54.4 Å². The highest BCUT2D eigenvalue weighted by atomic mass is 19.4. The smallest absolute Gasteiger partial charge is 0.416 e. The highest BCUT2D eigenvalue weighted by molar-refractivity contribution is 6.39. The summed E-state index contributed by atoms with van der Waals surface area (Å²) in [5.41, 5.74) is 4.06. The molecule has 0 radical (unpaired) electrons. The Hall–Kier alpha value is -4.14. The normalized spacial score (nSPS) is 11.3. The summed E-state index contributed by atoms with van der Waals surface area (Å²) in [5, 5.41) is 5.93. The molecular weight excluding hydrogens is 435 g/mol. The summed E-state index contributed by atoms with van der Waals surface area (Å²) in [5.74, 6) is -1.54. The fraction of sp³-hybridized carbons (Fsp3) is 0.125. The maximum atomic E-state index is 12.6. The van der Waals surface area contributed by atoms with Gasteiger partial charge in [0.05, 0.1) is 11.8 Å². The van der Waals surface area contributed by atoms with Crippen LogP contribution in [-0.2, 0) is 22.4 Å². The lowest BCUT2D eigenvalue weighted by Crippen LogP contribution is -2.32. The standard InChI is InChI=1S/C24H20F3N3O3/c1-16-5-7-17(8-6-16)15-33-21-4-2-3-18(13-21)14-28-30-23(32)22(31)29-20-11-9-19(10-12-20)24(25,26)27/h2-14H,15H2,1H3,(H,29,31)(H,30,32)/b28-14+. The van der Waals surface area contributed by atoms with Gasteiger partial charge in [0.15, 0.2) is 0 Å². The number of nitrogens with one attached hydrogen (secondary N) is 2. The number of rotatable bonds is 6. The second kappa shape index (κ2) is 10.4. The first-order chi connectivity index (χ1) is 15.7. The van der Waals surface area contributed by atoms with Crippen molar-refractivity contribution in [1.82, 2.24) is 5.43 Å². The Labute approximate surface area is 188 Å². The number of carbonyl (C=O) groups excluding carboxylic acids is 2. The first-order valence-electron chi connectivity index (χ1n) is 9.81. The molecule has 0 aliphatic rings. The molecule has 170 valence electrons. The van der Waals surface area contributed by atoms with Crippen LogP contribution < -0.4 is 15.5 Å². The molecule has 2 amide bonds. The van der Waals surface area contributed by atoms with Crippen molar-refractivity contribution < 1.29 is 27.5 Å². The molecule has 0 atom stereocenters. The first-order valence-corrected chi connectivity index (χ1v) is 9.81. The summed E-state index contributed by atoms with van der Waals surface area (Å²) in [6.07, 6.45) is -3.15. The number of nitrogens with zero attached hydrogens (tertiary/aromatic N) is 1. The Morgan fingerprint density at radius 2 is 1.67 bits per heavy atom. The summed E-state index contributed by atoms with van der Waals surface area (Å²) in [6.45, 7) is 2.40. The zero-order valence-corrected chi connectivity index (χ0v) is 17.5. The van der Waals surface area contributed by atoms with Crippen molar-refractivity contribution in [2.24, 2.45) is 5.10 Å². The van der Waals surface area contributed by atoms with Crippen molar-refractivity contribution in [2.45, 2.75) is 19.7 Å². The predicted molar refractivity (Wildman–Crippen MR) is 118 cm³/mol. The summed E-state index contributed by atoms with van der Waals surface area (Å²) in [4.78, 5) is 23.8. The Kier molecular flexibility index (Phi) is 7.45. The molecule has 0 fully saturated rings. The van der Waals surface area contributed by atoms with E-state index in [2.05, 4.69) is 15.8 Å². The molecule has 6 nitrogen and oxygen atoms in total. The van der Waals surface area contributed by atoms with E-state index in [0.717, 1.165) is 35.4 Å². The minimum atomic E-state index is -4.49. The van der Waals surface area contributed by atoms with E-state index in [9.17, 15) is 22.8 Å². The van der Waals surface area contributed by atoms with E-state index in [0.29, 0.717) is 17.9 Å². The lowest BCUT2D eigenvalue weighted by molar-refractivity contribution is -0.137. The second-order valence-electron chi connectivity index (χ2n) is 7.08. The molecule has 0 spiro atoms. The van der Waals surface area contributed by atoms with Crippen molar-refractivity contribution in [3.05, 3.63) is 95.1 Å². The maximum Gasteiger partial charge on any atom is 0.416 e.